The van der Waals surface area contributed by atoms with Gasteiger partial charge < -0.3 is 18.8 Å². The van der Waals surface area contributed by atoms with Gasteiger partial charge in [0.25, 0.3) is 0 Å². The van der Waals surface area contributed by atoms with Gasteiger partial charge in [0.2, 0.25) is 11.8 Å². The van der Waals surface area contributed by atoms with Gasteiger partial charge in [-0.05, 0) is 50.8 Å². The van der Waals surface area contributed by atoms with E-state index >= 15 is 0 Å². The number of hydrogen-bond acceptors (Lipinski definition) is 5. The van der Waals surface area contributed by atoms with Crippen LogP contribution in [0.15, 0.2) is 28.7 Å². The van der Waals surface area contributed by atoms with Crippen LogP contribution in [0.2, 0.25) is 0 Å². The molecule has 6 heteroatoms. The van der Waals surface area contributed by atoms with E-state index < -0.39 is 0 Å². The number of ether oxygens (including phenoxy) is 2. The Labute approximate surface area is 160 Å². The first kappa shape index (κ1) is 19.4. The molecule has 1 aliphatic rings. The summed E-state index contributed by atoms with van der Waals surface area (Å²) in [4.78, 5) is 18.9. The number of likely N-dealkylation sites (N-methyl/N-ethyl adjacent to an activating group) is 1. The van der Waals surface area contributed by atoms with Gasteiger partial charge in [-0.2, -0.15) is 0 Å². The molecule has 1 fully saturated rings. The van der Waals surface area contributed by atoms with E-state index in [9.17, 15) is 4.79 Å². The second-order valence-electron chi connectivity index (χ2n) is 7.02. The molecule has 1 aromatic carbocycles. The third-order valence-electron chi connectivity index (χ3n) is 5.01. The van der Waals surface area contributed by atoms with Gasteiger partial charge in [-0.25, -0.2) is 4.98 Å². The molecule has 0 saturated carbocycles. The van der Waals surface area contributed by atoms with Crippen molar-refractivity contribution in [1.29, 1.82) is 0 Å². The Bertz CT molecular complexity index is 765. The van der Waals surface area contributed by atoms with E-state index in [0.717, 1.165) is 37.2 Å². The Morgan fingerprint density at radius 2 is 2.22 bits per heavy atom. The van der Waals surface area contributed by atoms with Crippen molar-refractivity contribution in [2.24, 2.45) is 0 Å². The summed E-state index contributed by atoms with van der Waals surface area (Å²) in [6.45, 7) is 3.38. The van der Waals surface area contributed by atoms with Crippen molar-refractivity contribution in [3.8, 4) is 17.2 Å². The predicted octanol–water partition coefficient (Wildman–Crippen LogP) is 3.62. The van der Waals surface area contributed by atoms with Crippen LogP contribution in [0.3, 0.4) is 0 Å². The lowest BCUT2D eigenvalue weighted by Crippen LogP contribution is -2.32. The molecule has 2 aromatic rings. The Balaban J connectivity index is 1.59. The molecule has 1 atom stereocenters. The van der Waals surface area contributed by atoms with E-state index in [1.165, 1.54) is 6.42 Å². The number of carbonyl (C=O) groups excluding carboxylic acids is 1. The zero-order valence-electron chi connectivity index (χ0n) is 16.4. The maximum atomic E-state index is 12.6. The zero-order chi connectivity index (χ0) is 19.2. The minimum atomic E-state index is 0.0411. The van der Waals surface area contributed by atoms with Crippen molar-refractivity contribution in [2.45, 2.75) is 45.1 Å². The molecule has 1 aromatic heterocycles. The SMILES string of the molecule is COc1cccc(-c2nc(CC(=O)N(C)CCC3CCCCO3)c(C)o2)c1. The number of aromatic nitrogens is 1. The molecule has 0 radical (unpaired) electrons. The molecule has 0 N–H and O–H groups in total. The van der Waals surface area contributed by atoms with E-state index in [2.05, 4.69) is 4.98 Å². The van der Waals surface area contributed by atoms with E-state index in [4.69, 9.17) is 13.9 Å². The Morgan fingerprint density at radius 1 is 1.37 bits per heavy atom. The fourth-order valence-corrected chi connectivity index (χ4v) is 3.25. The Kier molecular flexibility index (Phi) is 6.50. The van der Waals surface area contributed by atoms with Crippen molar-refractivity contribution in [2.75, 3.05) is 27.3 Å². The number of nitrogens with zero attached hydrogens (tertiary/aromatic N) is 2. The smallest absolute Gasteiger partial charge is 0.228 e. The van der Waals surface area contributed by atoms with Gasteiger partial charge in [-0.15, -0.1) is 0 Å². The number of carbonyl (C=O) groups is 1. The summed E-state index contributed by atoms with van der Waals surface area (Å²) in [5.41, 5.74) is 1.51. The van der Waals surface area contributed by atoms with Crippen LogP contribution in [0.25, 0.3) is 11.5 Å². The van der Waals surface area contributed by atoms with Gasteiger partial charge in [0, 0.05) is 25.8 Å². The highest BCUT2D eigenvalue weighted by molar-refractivity contribution is 5.78. The average molecular weight is 372 g/mol. The highest BCUT2D eigenvalue weighted by Gasteiger charge is 2.19. The molecule has 1 amide bonds. The summed E-state index contributed by atoms with van der Waals surface area (Å²) in [7, 11) is 3.46. The van der Waals surface area contributed by atoms with Crippen LogP contribution in [0.4, 0.5) is 0 Å². The van der Waals surface area contributed by atoms with Gasteiger partial charge in [-0.3, -0.25) is 4.79 Å². The Hall–Kier alpha value is -2.34. The second kappa shape index (κ2) is 9.04. The number of methoxy groups -OCH3 is 1. The van der Waals surface area contributed by atoms with E-state index in [1.54, 1.807) is 12.0 Å². The zero-order valence-corrected chi connectivity index (χ0v) is 16.4. The molecule has 6 nitrogen and oxygen atoms in total. The van der Waals surface area contributed by atoms with Crippen LogP contribution in [0.1, 0.15) is 37.1 Å². The molecule has 27 heavy (non-hydrogen) atoms. The molecule has 2 heterocycles. The first-order chi connectivity index (χ1) is 13.1. The molecule has 0 spiro atoms. The maximum Gasteiger partial charge on any atom is 0.228 e. The lowest BCUT2D eigenvalue weighted by Gasteiger charge is -2.25. The topological polar surface area (TPSA) is 64.8 Å². The van der Waals surface area contributed by atoms with Crippen LogP contribution in [0.5, 0.6) is 5.75 Å². The summed E-state index contributed by atoms with van der Waals surface area (Å²) < 4.78 is 16.8. The van der Waals surface area contributed by atoms with Crippen molar-refractivity contribution in [3.63, 3.8) is 0 Å². The van der Waals surface area contributed by atoms with Crippen molar-refractivity contribution >= 4 is 5.91 Å². The summed E-state index contributed by atoms with van der Waals surface area (Å²) in [6.07, 6.45) is 4.85. The van der Waals surface area contributed by atoms with E-state index in [0.29, 0.717) is 23.9 Å². The number of benzene rings is 1. The van der Waals surface area contributed by atoms with Crippen LogP contribution < -0.4 is 4.74 Å². The fraction of sp³-hybridized carbons (Fsp3) is 0.524. The van der Waals surface area contributed by atoms with E-state index in [1.807, 2.05) is 38.2 Å². The molecule has 1 unspecified atom stereocenters. The second-order valence-corrected chi connectivity index (χ2v) is 7.02. The van der Waals surface area contributed by atoms with Crippen molar-refractivity contribution < 1.29 is 18.7 Å². The van der Waals surface area contributed by atoms with E-state index in [-0.39, 0.29) is 18.4 Å². The van der Waals surface area contributed by atoms with Crippen LogP contribution in [-0.2, 0) is 16.0 Å². The normalized spacial score (nSPS) is 16.9. The van der Waals surface area contributed by atoms with Crippen molar-refractivity contribution in [1.82, 2.24) is 9.88 Å². The predicted molar refractivity (Wildman–Crippen MR) is 103 cm³/mol. The van der Waals surface area contributed by atoms with Gasteiger partial charge >= 0.3 is 0 Å². The van der Waals surface area contributed by atoms with Gasteiger partial charge in [0.05, 0.1) is 25.3 Å². The highest BCUT2D eigenvalue weighted by Crippen LogP contribution is 2.25. The molecule has 0 aliphatic carbocycles. The lowest BCUT2D eigenvalue weighted by atomic mass is 10.1. The third-order valence-corrected chi connectivity index (χ3v) is 5.01. The molecular formula is C21H28N2O4. The Morgan fingerprint density at radius 3 is 2.96 bits per heavy atom. The molecule has 3 rings (SSSR count). The highest BCUT2D eigenvalue weighted by atomic mass is 16.5. The monoisotopic (exact) mass is 372 g/mol. The fourth-order valence-electron chi connectivity index (χ4n) is 3.25. The molecule has 0 bridgehead atoms. The van der Waals surface area contributed by atoms with Crippen LogP contribution >= 0.6 is 0 Å². The maximum absolute atomic E-state index is 12.6. The summed E-state index contributed by atoms with van der Waals surface area (Å²) >= 11 is 0. The lowest BCUT2D eigenvalue weighted by molar-refractivity contribution is -0.129. The summed E-state index contributed by atoms with van der Waals surface area (Å²) in [5, 5.41) is 0. The van der Waals surface area contributed by atoms with Crippen LogP contribution in [-0.4, -0.2) is 49.2 Å². The third kappa shape index (κ3) is 5.10. The molecular weight excluding hydrogens is 344 g/mol. The van der Waals surface area contributed by atoms with Gasteiger partial charge in [0.15, 0.2) is 0 Å². The number of oxazole rings is 1. The minimum Gasteiger partial charge on any atom is -0.497 e. The standard InChI is InChI=1S/C21H28N2O4/c1-15-19(22-21(27-15)16-7-6-9-18(13-16)25-3)14-20(24)23(2)11-10-17-8-4-5-12-26-17/h6-7,9,13,17H,4-5,8,10-12,14H2,1-3H3. The molecule has 1 saturated heterocycles. The van der Waals surface area contributed by atoms with Crippen LogP contribution in [0, 0.1) is 6.92 Å². The minimum absolute atomic E-state index is 0.0411. The molecule has 1 aliphatic heterocycles. The summed E-state index contributed by atoms with van der Waals surface area (Å²) in [6, 6.07) is 7.54. The first-order valence-corrected chi connectivity index (χ1v) is 9.53. The largest absolute Gasteiger partial charge is 0.497 e. The number of hydrogen-bond donors (Lipinski definition) is 0. The number of rotatable bonds is 7. The van der Waals surface area contributed by atoms with Crippen molar-refractivity contribution in [3.05, 3.63) is 35.7 Å². The average Bonchev–Trinajstić information content (AvgIpc) is 3.07. The number of amides is 1. The van der Waals surface area contributed by atoms with Gasteiger partial charge in [0.1, 0.15) is 11.5 Å². The summed E-state index contributed by atoms with van der Waals surface area (Å²) in [5.74, 6) is 1.96. The molecule has 146 valence electrons. The quantitative estimate of drug-likeness (QED) is 0.743. The number of aryl methyl sites for hydroxylation is 1. The first-order valence-electron chi connectivity index (χ1n) is 9.53. The van der Waals surface area contributed by atoms with Gasteiger partial charge in [-0.1, -0.05) is 6.07 Å².